The lowest BCUT2D eigenvalue weighted by molar-refractivity contribution is 0.0676. The molecule has 7 nitrogen and oxygen atoms in total. The zero-order valence-corrected chi connectivity index (χ0v) is 17.7. The largest absolute Gasteiger partial charge is 0.491 e. The summed E-state index contributed by atoms with van der Waals surface area (Å²) in [4.78, 5) is 4.72. The van der Waals surface area contributed by atoms with Gasteiger partial charge < -0.3 is 24.6 Å². The fourth-order valence-corrected chi connectivity index (χ4v) is 3.17. The van der Waals surface area contributed by atoms with Crippen molar-refractivity contribution in [1.82, 2.24) is 15.8 Å². The Bertz CT molecular complexity index is 797. The highest BCUT2D eigenvalue weighted by Crippen LogP contribution is 2.23. The molecule has 0 bridgehead atoms. The van der Waals surface area contributed by atoms with Gasteiger partial charge in [-0.3, -0.25) is 0 Å². The van der Waals surface area contributed by atoms with Crippen LogP contribution in [-0.2, 0) is 24.2 Å². The molecule has 2 heterocycles. The lowest BCUT2D eigenvalue weighted by atomic mass is 10.1. The third-order valence-electron chi connectivity index (χ3n) is 4.82. The molecule has 29 heavy (non-hydrogen) atoms. The number of nitrogens with one attached hydrogen (secondary N) is 2. The van der Waals surface area contributed by atoms with Crippen LogP contribution in [0.25, 0.3) is 0 Å². The second-order valence-corrected chi connectivity index (χ2v) is 7.24. The average molecular weight is 401 g/mol. The molecule has 1 fully saturated rings. The molecule has 2 N–H and O–H groups in total. The second-order valence-electron chi connectivity index (χ2n) is 7.24. The summed E-state index contributed by atoms with van der Waals surface area (Å²) in [6.07, 6.45) is 3.23. The van der Waals surface area contributed by atoms with Crippen LogP contribution in [0, 0.1) is 6.92 Å². The molecule has 1 unspecified atom stereocenters. The van der Waals surface area contributed by atoms with Crippen LogP contribution < -0.4 is 15.4 Å². The van der Waals surface area contributed by atoms with Gasteiger partial charge in [-0.25, -0.2) is 4.99 Å². The van der Waals surface area contributed by atoms with Crippen LogP contribution in [-0.4, -0.2) is 37.0 Å². The van der Waals surface area contributed by atoms with Crippen LogP contribution in [0.3, 0.4) is 0 Å². The van der Waals surface area contributed by atoms with E-state index >= 15 is 0 Å². The molecule has 1 aliphatic heterocycles. The third-order valence-corrected chi connectivity index (χ3v) is 4.82. The van der Waals surface area contributed by atoms with Crippen LogP contribution in [0.4, 0.5) is 0 Å². The minimum Gasteiger partial charge on any atom is -0.491 e. The van der Waals surface area contributed by atoms with Crippen LogP contribution in [0.15, 0.2) is 33.8 Å². The minimum absolute atomic E-state index is 0.195. The molecule has 0 spiro atoms. The number of nitrogens with zero attached hydrogens (tertiary/aromatic N) is 2. The standard InChI is InChI=1S/C22H32N4O3/c1-4-18-12-20(29-26-18)14-25-22(23-5-2)24-13-17-9-8-16(3)11-21(17)28-15-19-7-6-10-27-19/h8-9,11-12,19H,4-7,10,13-15H2,1-3H3,(H2,23,24,25). The van der Waals surface area contributed by atoms with Crippen molar-refractivity contribution in [1.29, 1.82) is 0 Å². The maximum atomic E-state index is 6.08. The lowest BCUT2D eigenvalue weighted by Crippen LogP contribution is -2.36. The molecule has 1 aromatic carbocycles. The zero-order valence-electron chi connectivity index (χ0n) is 17.7. The highest BCUT2D eigenvalue weighted by molar-refractivity contribution is 5.79. The Hall–Kier alpha value is -2.54. The van der Waals surface area contributed by atoms with Crippen LogP contribution in [0.5, 0.6) is 5.75 Å². The number of hydrogen-bond donors (Lipinski definition) is 2. The predicted molar refractivity (Wildman–Crippen MR) is 113 cm³/mol. The van der Waals surface area contributed by atoms with Gasteiger partial charge in [-0.15, -0.1) is 0 Å². The molecular weight excluding hydrogens is 368 g/mol. The molecule has 3 rings (SSSR count). The molecule has 7 heteroatoms. The summed E-state index contributed by atoms with van der Waals surface area (Å²) in [7, 11) is 0. The quantitative estimate of drug-likeness (QED) is 0.496. The van der Waals surface area contributed by atoms with Gasteiger partial charge >= 0.3 is 0 Å². The van der Waals surface area contributed by atoms with Crippen LogP contribution >= 0.6 is 0 Å². The van der Waals surface area contributed by atoms with E-state index in [0.717, 1.165) is 61.1 Å². The van der Waals surface area contributed by atoms with Crippen molar-refractivity contribution in [2.75, 3.05) is 19.8 Å². The van der Waals surface area contributed by atoms with Crippen molar-refractivity contribution in [2.45, 2.75) is 59.2 Å². The van der Waals surface area contributed by atoms with Gasteiger partial charge in [0.15, 0.2) is 11.7 Å². The highest BCUT2D eigenvalue weighted by atomic mass is 16.5. The number of aryl methyl sites for hydroxylation is 2. The lowest BCUT2D eigenvalue weighted by Gasteiger charge is -2.15. The van der Waals surface area contributed by atoms with Crippen molar-refractivity contribution in [2.24, 2.45) is 4.99 Å². The van der Waals surface area contributed by atoms with Gasteiger partial charge in [0.1, 0.15) is 12.4 Å². The van der Waals surface area contributed by atoms with Gasteiger partial charge in [-0.1, -0.05) is 24.2 Å². The molecule has 0 radical (unpaired) electrons. The molecule has 0 aliphatic carbocycles. The molecule has 1 aromatic heterocycles. The fourth-order valence-electron chi connectivity index (χ4n) is 3.17. The Labute approximate surface area is 172 Å². The summed E-state index contributed by atoms with van der Waals surface area (Å²) >= 11 is 0. The second kappa shape index (κ2) is 10.9. The predicted octanol–water partition coefficient (Wildman–Crippen LogP) is 3.36. The number of aliphatic imine (C=N–C) groups is 1. The molecular formula is C22H32N4O3. The number of guanidine groups is 1. The number of aromatic nitrogens is 1. The van der Waals surface area contributed by atoms with Crippen molar-refractivity contribution in [3.8, 4) is 5.75 Å². The highest BCUT2D eigenvalue weighted by Gasteiger charge is 2.17. The smallest absolute Gasteiger partial charge is 0.191 e. The summed E-state index contributed by atoms with van der Waals surface area (Å²) in [5.74, 6) is 2.40. The van der Waals surface area contributed by atoms with Crippen LogP contribution in [0.1, 0.15) is 49.3 Å². The van der Waals surface area contributed by atoms with E-state index in [4.69, 9.17) is 19.0 Å². The Balaban J connectivity index is 1.62. The van der Waals surface area contributed by atoms with E-state index in [0.29, 0.717) is 19.7 Å². The van der Waals surface area contributed by atoms with E-state index < -0.39 is 0 Å². The molecule has 1 atom stereocenters. The minimum atomic E-state index is 0.195. The summed E-state index contributed by atoms with van der Waals surface area (Å²) in [5.41, 5.74) is 3.18. The summed E-state index contributed by atoms with van der Waals surface area (Å²) in [6, 6.07) is 8.21. The molecule has 158 valence electrons. The average Bonchev–Trinajstić information content (AvgIpc) is 3.41. The molecule has 0 saturated carbocycles. The van der Waals surface area contributed by atoms with Crippen molar-refractivity contribution < 1.29 is 14.0 Å². The van der Waals surface area contributed by atoms with E-state index in [1.165, 1.54) is 5.56 Å². The number of hydrogen-bond acceptors (Lipinski definition) is 5. The van der Waals surface area contributed by atoms with Gasteiger partial charge in [0, 0.05) is 24.8 Å². The maximum Gasteiger partial charge on any atom is 0.191 e. The summed E-state index contributed by atoms with van der Waals surface area (Å²) < 4.78 is 17.1. The first-order valence-electron chi connectivity index (χ1n) is 10.5. The third kappa shape index (κ3) is 6.49. The molecule has 1 aliphatic rings. The van der Waals surface area contributed by atoms with E-state index in [1.54, 1.807) is 0 Å². The molecule has 1 saturated heterocycles. The Kier molecular flexibility index (Phi) is 7.93. The SMILES string of the molecule is CCNC(=NCc1ccc(C)cc1OCC1CCCO1)NCc1cc(CC)no1. The number of benzene rings is 1. The summed E-state index contributed by atoms with van der Waals surface area (Å²) in [6.45, 7) is 9.43. The van der Waals surface area contributed by atoms with Gasteiger partial charge in [-0.05, 0) is 44.7 Å². The topological polar surface area (TPSA) is 80.9 Å². The van der Waals surface area contributed by atoms with E-state index in [9.17, 15) is 0 Å². The Morgan fingerprint density at radius 2 is 2.17 bits per heavy atom. The van der Waals surface area contributed by atoms with Crippen molar-refractivity contribution >= 4 is 5.96 Å². The Morgan fingerprint density at radius 1 is 1.28 bits per heavy atom. The van der Waals surface area contributed by atoms with Crippen molar-refractivity contribution in [3.63, 3.8) is 0 Å². The fraction of sp³-hybridized carbons (Fsp3) is 0.545. The number of rotatable bonds is 9. The first-order valence-corrected chi connectivity index (χ1v) is 10.5. The normalized spacial score (nSPS) is 16.8. The molecule has 2 aromatic rings. The maximum absolute atomic E-state index is 6.08. The van der Waals surface area contributed by atoms with Gasteiger partial charge in [-0.2, -0.15) is 0 Å². The first-order chi connectivity index (χ1) is 14.2. The first kappa shape index (κ1) is 21.2. The van der Waals surface area contributed by atoms with E-state index in [-0.39, 0.29) is 6.10 Å². The molecule has 0 amide bonds. The summed E-state index contributed by atoms with van der Waals surface area (Å²) in [5, 5.41) is 10.6. The zero-order chi connectivity index (χ0) is 20.5. The van der Waals surface area contributed by atoms with Gasteiger partial charge in [0.2, 0.25) is 0 Å². The van der Waals surface area contributed by atoms with Crippen LogP contribution in [0.2, 0.25) is 0 Å². The monoisotopic (exact) mass is 400 g/mol. The van der Waals surface area contributed by atoms with E-state index in [2.05, 4.69) is 47.8 Å². The van der Waals surface area contributed by atoms with Gasteiger partial charge in [0.05, 0.1) is 24.9 Å². The number of ether oxygens (including phenoxy) is 2. The Morgan fingerprint density at radius 3 is 2.90 bits per heavy atom. The van der Waals surface area contributed by atoms with E-state index in [1.807, 2.05) is 13.0 Å². The van der Waals surface area contributed by atoms with Crippen molar-refractivity contribution in [3.05, 3.63) is 46.8 Å². The van der Waals surface area contributed by atoms with Gasteiger partial charge in [0.25, 0.3) is 0 Å².